The van der Waals surface area contributed by atoms with Gasteiger partial charge in [0.15, 0.2) is 0 Å². The maximum absolute atomic E-state index is 12.9. The van der Waals surface area contributed by atoms with Gasteiger partial charge in [-0.25, -0.2) is 4.39 Å². The Morgan fingerprint density at radius 1 is 1.22 bits per heavy atom. The molecule has 2 nitrogen and oxygen atoms in total. The molecule has 3 heteroatoms. The highest BCUT2D eigenvalue weighted by atomic mass is 19.1. The lowest BCUT2D eigenvalue weighted by atomic mass is 10.0. The lowest BCUT2D eigenvalue weighted by Crippen LogP contribution is -2.32. The normalized spacial score (nSPS) is 18.1. The van der Waals surface area contributed by atoms with E-state index in [-0.39, 0.29) is 5.82 Å². The van der Waals surface area contributed by atoms with Crippen LogP contribution in [0.1, 0.15) is 37.8 Å². The van der Waals surface area contributed by atoms with E-state index >= 15 is 0 Å². The standard InChI is InChI=1S/C15H23FN2/c1-2-15(13-5-7-14(16)8-6-13)17-9-12-18-10-3-4-11-18/h5-8,15,17H,2-4,9-12H2,1H3. The van der Waals surface area contributed by atoms with Gasteiger partial charge in [0.25, 0.3) is 0 Å². The zero-order valence-corrected chi connectivity index (χ0v) is 11.2. The third-order valence-electron chi connectivity index (χ3n) is 3.70. The van der Waals surface area contributed by atoms with E-state index in [1.165, 1.54) is 31.5 Å². The van der Waals surface area contributed by atoms with Crippen LogP contribution in [0.5, 0.6) is 0 Å². The molecule has 1 atom stereocenters. The number of halogens is 1. The first kappa shape index (κ1) is 13.5. The monoisotopic (exact) mass is 250 g/mol. The van der Waals surface area contributed by atoms with Gasteiger partial charge in [-0.3, -0.25) is 0 Å². The van der Waals surface area contributed by atoms with Crippen molar-refractivity contribution in [3.8, 4) is 0 Å². The van der Waals surface area contributed by atoms with Gasteiger partial charge in [0.2, 0.25) is 0 Å². The summed E-state index contributed by atoms with van der Waals surface area (Å²) in [5.41, 5.74) is 1.18. The molecule has 2 rings (SSSR count). The van der Waals surface area contributed by atoms with Gasteiger partial charge >= 0.3 is 0 Å². The molecule has 0 bridgehead atoms. The van der Waals surface area contributed by atoms with Crippen LogP contribution in [-0.2, 0) is 0 Å². The van der Waals surface area contributed by atoms with Crippen molar-refractivity contribution in [1.29, 1.82) is 0 Å². The third-order valence-corrected chi connectivity index (χ3v) is 3.70. The first-order valence-electron chi connectivity index (χ1n) is 7.01. The molecule has 1 unspecified atom stereocenters. The maximum atomic E-state index is 12.9. The van der Waals surface area contributed by atoms with Crippen LogP contribution in [0, 0.1) is 5.82 Å². The summed E-state index contributed by atoms with van der Waals surface area (Å²) in [6.07, 6.45) is 3.72. The van der Waals surface area contributed by atoms with E-state index in [2.05, 4.69) is 17.1 Å². The molecule has 1 aliphatic heterocycles. The minimum atomic E-state index is -0.161. The largest absolute Gasteiger partial charge is 0.309 e. The first-order chi connectivity index (χ1) is 8.79. The van der Waals surface area contributed by atoms with Crippen LogP contribution >= 0.6 is 0 Å². The summed E-state index contributed by atoms with van der Waals surface area (Å²) >= 11 is 0. The van der Waals surface area contributed by atoms with Crippen molar-refractivity contribution in [1.82, 2.24) is 10.2 Å². The van der Waals surface area contributed by atoms with Gasteiger partial charge in [-0.15, -0.1) is 0 Å². The van der Waals surface area contributed by atoms with E-state index in [0.717, 1.165) is 19.5 Å². The fourth-order valence-corrected chi connectivity index (χ4v) is 2.60. The van der Waals surface area contributed by atoms with Crippen LogP contribution in [0.3, 0.4) is 0 Å². The molecule has 0 aliphatic carbocycles. The molecule has 1 heterocycles. The molecule has 100 valence electrons. The number of hydrogen-bond acceptors (Lipinski definition) is 2. The van der Waals surface area contributed by atoms with Crippen molar-refractivity contribution >= 4 is 0 Å². The molecule has 0 radical (unpaired) electrons. The Labute approximate surface area is 109 Å². The van der Waals surface area contributed by atoms with Crippen molar-refractivity contribution in [3.63, 3.8) is 0 Å². The second-order valence-corrected chi connectivity index (χ2v) is 5.02. The highest BCUT2D eigenvalue weighted by Gasteiger charge is 2.12. The van der Waals surface area contributed by atoms with Gasteiger partial charge in [-0.2, -0.15) is 0 Å². The highest BCUT2D eigenvalue weighted by Crippen LogP contribution is 2.16. The van der Waals surface area contributed by atoms with Crippen LogP contribution in [0.25, 0.3) is 0 Å². The first-order valence-corrected chi connectivity index (χ1v) is 7.01. The molecule has 1 fully saturated rings. The molecule has 18 heavy (non-hydrogen) atoms. The van der Waals surface area contributed by atoms with Gasteiger partial charge in [-0.1, -0.05) is 19.1 Å². The van der Waals surface area contributed by atoms with Crippen LogP contribution < -0.4 is 5.32 Å². The van der Waals surface area contributed by atoms with Crippen molar-refractivity contribution in [2.45, 2.75) is 32.2 Å². The van der Waals surface area contributed by atoms with E-state index in [1.54, 1.807) is 12.1 Å². The van der Waals surface area contributed by atoms with Gasteiger partial charge in [-0.05, 0) is 50.0 Å². The summed E-state index contributed by atoms with van der Waals surface area (Å²) in [5.74, 6) is -0.161. The van der Waals surface area contributed by atoms with Crippen molar-refractivity contribution < 1.29 is 4.39 Å². The number of hydrogen-bond donors (Lipinski definition) is 1. The van der Waals surface area contributed by atoms with Crippen molar-refractivity contribution in [2.75, 3.05) is 26.2 Å². The van der Waals surface area contributed by atoms with Gasteiger partial charge in [0.05, 0.1) is 0 Å². The van der Waals surface area contributed by atoms with E-state index in [4.69, 9.17) is 0 Å². The lowest BCUT2D eigenvalue weighted by Gasteiger charge is -2.20. The third kappa shape index (κ3) is 3.79. The molecular formula is C15H23FN2. The van der Waals surface area contributed by atoms with Crippen molar-refractivity contribution in [2.24, 2.45) is 0 Å². The molecule has 1 aromatic carbocycles. The molecular weight excluding hydrogens is 227 g/mol. The molecule has 1 N–H and O–H groups in total. The van der Waals surface area contributed by atoms with E-state index in [0.29, 0.717) is 6.04 Å². The molecule has 0 spiro atoms. The summed E-state index contributed by atoms with van der Waals surface area (Å²) in [5, 5.41) is 3.57. The Morgan fingerprint density at radius 3 is 2.50 bits per heavy atom. The van der Waals surface area contributed by atoms with E-state index in [1.807, 2.05) is 12.1 Å². The molecule has 1 aliphatic rings. The molecule has 0 amide bonds. The number of nitrogens with one attached hydrogen (secondary N) is 1. The predicted molar refractivity (Wildman–Crippen MR) is 73.1 cm³/mol. The zero-order valence-electron chi connectivity index (χ0n) is 11.2. The van der Waals surface area contributed by atoms with Gasteiger partial charge in [0.1, 0.15) is 5.82 Å². The second kappa shape index (κ2) is 6.86. The fourth-order valence-electron chi connectivity index (χ4n) is 2.60. The maximum Gasteiger partial charge on any atom is 0.123 e. The Kier molecular flexibility index (Phi) is 5.14. The summed E-state index contributed by atoms with van der Waals surface area (Å²) in [4.78, 5) is 2.50. The molecule has 1 saturated heterocycles. The SMILES string of the molecule is CCC(NCCN1CCCC1)c1ccc(F)cc1. The number of likely N-dealkylation sites (tertiary alicyclic amines) is 1. The topological polar surface area (TPSA) is 15.3 Å². The van der Waals surface area contributed by atoms with Crippen LogP contribution in [0.4, 0.5) is 4.39 Å². The molecule has 0 saturated carbocycles. The van der Waals surface area contributed by atoms with E-state index in [9.17, 15) is 4.39 Å². The average molecular weight is 250 g/mol. The van der Waals surface area contributed by atoms with Crippen molar-refractivity contribution in [3.05, 3.63) is 35.6 Å². The number of benzene rings is 1. The zero-order chi connectivity index (χ0) is 12.8. The minimum absolute atomic E-state index is 0.161. The summed E-state index contributed by atoms with van der Waals surface area (Å²) < 4.78 is 12.9. The Hall–Kier alpha value is -0.930. The highest BCUT2D eigenvalue weighted by molar-refractivity contribution is 5.19. The van der Waals surface area contributed by atoms with Crippen LogP contribution in [-0.4, -0.2) is 31.1 Å². The summed E-state index contributed by atoms with van der Waals surface area (Å²) in [7, 11) is 0. The van der Waals surface area contributed by atoms with Crippen LogP contribution in [0.15, 0.2) is 24.3 Å². The molecule has 0 aromatic heterocycles. The smallest absolute Gasteiger partial charge is 0.123 e. The minimum Gasteiger partial charge on any atom is -0.309 e. The second-order valence-electron chi connectivity index (χ2n) is 5.02. The van der Waals surface area contributed by atoms with Gasteiger partial charge < -0.3 is 10.2 Å². The number of rotatable bonds is 6. The van der Waals surface area contributed by atoms with Crippen LogP contribution in [0.2, 0.25) is 0 Å². The summed E-state index contributed by atoms with van der Waals surface area (Å²) in [6, 6.07) is 7.19. The Balaban J connectivity index is 1.79. The van der Waals surface area contributed by atoms with Gasteiger partial charge in [0, 0.05) is 19.1 Å². The molecule has 1 aromatic rings. The Bertz CT molecular complexity index is 344. The van der Waals surface area contributed by atoms with E-state index < -0.39 is 0 Å². The predicted octanol–water partition coefficient (Wildman–Crippen LogP) is 2.96. The summed E-state index contributed by atoms with van der Waals surface area (Å²) in [6.45, 7) is 6.79. The quantitative estimate of drug-likeness (QED) is 0.835. The lowest BCUT2D eigenvalue weighted by molar-refractivity contribution is 0.326. The Morgan fingerprint density at radius 2 is 1.89 bits per heavy atom. The fraction of sp³-hybridized carbons (Fsp3) is 0.600. The number of nitrogens with zero attached hydrogens (tertiary/aromatic N) is 1. The average Bonchev–Trinajstić information content (AvgIpc) is 2.89.